The van der Waals surface area contributed by atoms with Gasteiger partial charge in [-0.3, -0.25) is 4.79 Å². The van der Waals surface area contributed by atoms with Crippen molar-refractivity contribution in [2.45, 2.75) is 26.6 Å². The highest BCUT2D eigenvalue weighted by atomic mass is 16.5. The molecule has 8 heteroatoms. The van der Waals surface area contributed by atoms with E-state index in [1.807, 2.05) is 37.3 Å². The maximum absolute atomic E-state index is 11.9. The van der Waals surface area contributed by atoms with Crippen molar-refractivity contribution in [2.24, 2.45) is 5.10 Å². The highest BCUT2D eigenvalue weighted by Gasteiger charge is 2.33. The number of hydrazone groups is 1. The monoisotopic (exact) mass is 325 g/mol. The first-order chi connectivity index (χ1) is 11.6. The molecule has 24 heavy (non-hydrogen) atoms. The minimum absolute atomic E-state index is 0.220. The van der Waals surface area contributed by atoms with Gasteiger partial charge in [0.2, 0.25) is 12.1 Å². The lowest BCUT2D eigenvalue weighted by Crippen LogP contribution is -2.35. The summed E-state index contributed by atoms with van der Waals surface area (Å²) < 4.78 is 13.0. The number of hydrogen-bond donors (Lipinski definition) is 0. The molecule has 0 saturated heterocycles. The third kappa shape index (κ3) is 2.41. The van der Waals surface area contributed by atoms with Crippen molar-refractivity contribution in [3.05, 3.63) is 47.9 Å². The fraction of sp³-hybridized carbons (Fsp3) is 0.250. The highest BCUT2D eigenvalue weighted by molar-refractivity contribution is 5.93. The van der Waals surface area contributed by atoms with Gasteiger partial charge in [-0.15, -0.1) is 10.2 Å². The van der Waals surface area contributed by atoms with Crippen LogP contribution >= 0.6 is 0 Å². The number of amides is 1. The lowest BCUT2D eigenvalue weighted by atomic mass is 10.3. The topological polar surface area (TPSA) is 85.8 Å². The number of aromatic nitrogens is 3. The Morgan fingerprint density at radius 3 is 2.83 bits per heavy atom. The van der Waals surface area contributed by atoms with Crippen LogP contribution < -0.4 is 0 Å². The van der Waals surface area contributed by atoms with Gasteiger partial charge in [0.1, 0.15) is 17.8 Å². The van der Waals surface area contributed by atoms with Gasteiger partial charge in [-0.05, 0) is 31.2 Å². The molecule has 3 aromatic rings. The zero-order valence-electron chi connectivity index (χ0n) is 13.2. The van der Waals surface area contributed by atoms with Crippen LogP contribution in [-0.2, 0) is 16.1 Å². The molecule has 0 saturated carbocycles. The number of hydrogen-bond acceptors (Lipinski definition) is 6. The molecule has 0 N–H and O–H groups in total. The van der Waals surface area contributed by atoms with E-state index in [0.29, 0.717) is 12.3 Å². The molecule has 1 aromatic carbocycles. The second-order valence-electron chi connectivity index (χ2n) is 5.51. The van der Waals surface area contributed by atoms with E-state index >= 15 is 0 Å². The number of para-hydroxylation sites is 1. The Morgan fingerprint density at radius 1 is 1.25 bits per heavy atom. The number of nitrogens with zero attached hydrogens (tertiary/aromatic N) is 5. The maximum Gasteiger partial charge on any atom is 0.277 e. The van der Waals surface area contributed by atoms with Gasteiger partial charge in [0.25, 0.3) is 5.90 Å². The SMILES string of the molecule is CC(=O)N1N=C(c2ccc(C)o2)OC1Cn1nnc2ccccc21. The van der Waals surface area contributed by atoms with E-state index in [1.54, 1.807) is 10.7 Å². The summed E-state index contributed by atoms with van der Waals surface area (Å²) in [4.78, 5) is 11.9. The Hall–Kier alpha value is -3.16. The predicted molar refractivity (Wildman–Crippen MR) is 84.9 cm³/mol. The van der Waals surface area contributed by atoms with Crippen LogP contribution in [0, 0.1) is 6.92 Å². The van der Waals surface area contributed by atoms with Gasteiger partial charge >= 0.3 is 0 Å². The van der Waals surface area contributed by atoms with Crippen LogP contribution in [0.25, 0.3) is 11.0 Å². The molecule has 0 fully saturated rings. The molecular weight excluding hydrogens is 310 g/mol. The first-order valence-corrected chi connectivity index (χ1v) is 7.52. The second-order valence-corrected chi connectivity index (χ2v) is 5.51. The van der Waals surface area contributed by atoms with E-state index in [-0.39, 0.29) is 11.8 Å². The number of furan rings is 1. The molecule has 122 valence electrons. The van der Waals surface area contributed by atoms with Crippen LogP contribution in [0.2, 0.25) is 0 Å². The molecule has 0 radical (unpaired) electrons. The summed E-state index contributed by atoms with van der Waals surface area (Å²) >= 11 is 0. The Labute approximate surface area is 137 Å². The summed E-state index contributed by atoms with van der Waals surface area (Å²) in [5.41, 5.74) is 1.65. The molecule has 8 nitrogen and oxygen atoms in total. The summed E-state index contributed by atoms with van der Waals surface area (Å²) in [6, 6.07) is 11.2. The number of ether oxygens (including phenoxy) is 1. The van der Waals surface area contributed by atoms with Crippen molar-refractivity contribution in [3.8, 4) is 0 Å². The fourth-order valence-electron chi connectivity index (χ4n) is 2.61. The number of fused-ring (bicyclic) bond motifs is 1. The van der Waals surface area contributed by atoms with Gasteiger partial charge in [-0.1, -0.05) is 17.3 Å². The highest BCUT2D eigenvalue weighted by Crippen LogP contribution is 2.21. The molecule has 0 bridgehead atoms. The largest absolute Gasteiger partial charge is 0.456 e. The zero-order valence-corrected chi connectivity index (χ0v) is 13.2. The van der Waals surface area contributed by atoms with Gasteiger partial charge in [0.15, 0.2) is 5.76 Å². The van der Waals surface area contributed by atoms with Crippen molar-refractivity contribution in [1.29, 1.82) is 0 Å². The van der Waals surface area contributed by atoms with E-state index in [1.165, 1.54) is 11.9 Å². The Balaban J connectivity index is 1.62. The van der Waals surface area contributed by atoms with E-state index in [4.69, 9.17) is 9.15 Å². The van der Waals surface area contributed by atoms with Gasteiger partial charge in [0.05, 0.1) is 5.52 Å². The van der Waals surface area contributed by atoms with Crippen molar-refractivity contribution in [2.75, 3.05) is 0 Å². The van der Waals surface area contributed by atoms with Crippen LogP contribution in [0.3, 0.4) is 0 Å². The van der Waals surface area contributed by atoms with Gasteiger partial charge < -0.3 is 9.15 Å². The molecule has 0 spiro atoms. The molecule has 1 aliphatic heterocycles. The standard InChI is InChI=1S/C16H15N5O3/c1-10-7-8-14(23-10)16-18-21(11(2)22)15(24-16)9-20-13-6-4-3-5-12(13)17-19-20/h3-8,15H,9H2,1-2H3. The van der Waals surface area contributed by atoms with Crippen molar-refractivity contribution >= 4 is 22.8 Å². The number of carbonyl (C=O) groups excluding carboxylic acids is 1. The summed E-state index contributed by atoms with van der Waals surface area (Å²) in [5, 5.41) is 13.8. The third-order valence-electron chi connectivity index (χ3n) is 3.74. The van der Waals surface area contributed by atoms with Crippen molar-refractivity contribution in [3.63, 3.8) is 0 Å². The van der Waals surface area contributed by atoms with Crippen LogP contribution in [0.15, 0.2) is 45.9 Å². The molecule has 2 aromatic heterocycles. The zero-order chi connectivity index (χ0) is 16.7. The molecule has 1 unspecified atom stereocenters. The minimum Gasteiger partial charge on any atom is -0.456 e. The molecule has 1 atom stereocenters. The lowest BCUT2D eigenvalue weighted by molar-refractivity contribution is -0.135. The number of aryl methyl sites for hydroxylation is 1. The summed E-state index contributed by atoms with van der Waals surface area (Å²) in [6.45, 7) is 3.59. The van der Waals surface area contributed by atoms with E-state index in [0.717, 1.165) is 16.8 Å². The van der Waals surface area contributed by atoms with Crippen LogP contribution in [0.1, 0.15) is 18.4 Å². The summed E-state index contributed by atoms with van der Waals surface area (Å²) in [6.07, 6.45) is -0.604. The summed E-state index contributed by atoms with van der Waals surface area (Å²) in [7, 11) is 0. The van der Waals surface area contributed by atoms with Crippen molar-refractivity contribution in [1.82, 2.24) is 20.0 Å². The molecular formula is C16H15N5O3. The smallest absolute Gasteiger partial charge is 0.277 e. The Morgan fingerprint density at radius 2 is 2.08 bits per heavy atom. The molecule has 4 rings (SSSR count). The van der Waals surface area contributed by atoms with E-state index in [2.05, 4.69) is 15.4 Å². The first kappa shape index (κ1) is 14.4. The molecule has 1 aliphatic rings. The van der Waals surface area contributed by atoms with Crippen LogP contribution in [-0.4, -0.2) is 38.0 Å². The fourth-order valence-corrected chi connectivity index (χ4v) is 2.61. The lowest BCUT2D eigenvalue weighted by Gasteiger charge is -2.18. The predicted octanol–water partition coefficient (Wildman–Crippen LogP) is 1.90. The Kier molecular flexibility index (Phi) is 3.30. The van der Waals surface area contributed by atoms with Gasteiger partial charge in [0, 0.05) is 6.92 Å². The van der Waals surface area contributed by atoms with E-state index in [9.17, 15) is 4.79 Å². The molecule has 0 aliphatic carbocycles. The molecule has 3 heterocycles. The quantitative estimate of drug-likeness (QED) is 0.734. The second kappa shape index (κ2) is 5.48. The number of rotatable bonds is 3. The van der Waals surface area contributed by atoms with Crippen LogP contribution in [0.5, 0.6) is 0 Å². The average Bonchev–Trinajstić information content (AvgIpc) is 3.27. The summed E-state index contributed by atoms with van der Waals surface area (Å²) in [5.74, 6) is 1.30. The van der Waals surface area contributed by atoms with Crippen LogP contribution in [0.4, 0.5) is 0 Å². The molecule has 1 amide bonds. The van der Waals surface area contributed by atoms with E-state index < -0.39 is 6.23 Å². The maximum atomic E-state index is 11.9. The van der Waals surface area contributed by atoms with Gasteiger partial charge in [-0.2, -0.15) is 5.01 Å². The minimum atomic E-state index is -0.604. The Bertz CT molecular complexity index is 942. The normalized spacial score (nSPS) is 17.2. The average molecular weight is 325 g/mol. The number of benzene rings is 1. The van der Waals surface area contributed by atoms with Gasteiger partial charge in [-0.25, -0.2) is 4.68 Å². The third-order valence-corrected chi connectivity index (χ3v) is 3.74. The first-order valence-electron chi connectivity index (χ1n) is 7.52. The number of carbonyl (C=O) groups is 1. The van der Waals surface area contributed by atoms with Crippen molar-refractivity contribution < 1.29 is 13.9 Å².